The van der Waals surface area contributed by atoms with Gasteiger partial charge < -0.3 is 10.2 Å². The average Bonchev–Trinajstić information content (AvgIpc) is 2.93. The maximum absolute atomic E-state index is 3.46. The van der Waals surface area contributed by atoms with Gasteiger partial charge in [-0.05, 0) is 48.0 Å². The van der Waals surface area contributed by atoms with Crippen LogP contribution in [0.1, 0.15) is 24.1 Å². The third-order valence-corrected chi connectivity index (χ3v) is 4.40. The molecule has 20 heavy (non-hydrogen) atoms. The molecule has 0 saturated heterocycles. The van der Waals surface area contributed by atoms with Crippen LogP contribution in [0.25, 0.3) is 0 Å². The van der Waals surface area contributed by atoms with E-state index in [4.69, 9.17) is 0 Å². The van der Waals surface area contributed by atoms with Gasteiger partial charge in [0, 0.05) is 19.1 Å². The molecule has 1 N–H and O–H groups in total. The van der Waals surface area contributed by atoms with Crippen LogP contribution in [0.15, 0.2) is 47.2 Å². The summed E-state index contributed by atoms with van der Waals surface area (Å²) in [5, 5.41) is 7.83. The smallest absolute Gasteiger partial charge is 0.0355 e. The second kappa shape index (κ2) is 7.58. The van der Waals surface area contributed by atoms with E-state index in [1.807, 2.05) is 7.05 Å². The minimum absolute atomic E-state index is 0.404. The van der Waals surface area contributed by atoms with Crippen molar-refractivity contribution in [2.75, 3.05) is 20.6 Å². The quantitative estimate of drug-likeness (QED) is 0.834. The van der Waals surface area contributed by atoms with Gasteiger partial charge in [-0.25, -0.2) is 0 Å². The molecule has 2 aromatic rings. The molecule has 0 aliphatic heterocycles. The highest BCUT2D eigenvalue weighted by molar-refractivity contribution is 7.07. The van der Waals surface area contributed by atoms with Crippen LogP contribution in [0, 0.1) is 5.92 Å². The number of benzene rings is 1. The van der Waals surface area contributed by atoms with Gasteiger partial charge in [0.15, 0.2) is 0 Å². The maximum Gasteiger partial charge on any atom is 0.0355 e. The molecular formula is C17H24N2S. The Hall–Kier alpha value is -1.16. The molecule has 0 amide bonds. The van der Waals surface area contributed by atoms with Crippen molar-refractivity contribution >= 4 is 11.3 Å². The summed E-state index contributed by atoms with van der Waals surface area (Å²) in [7, 11) is 4.25. The van der Waals surface area contributed by atoms with Crippen LogP contribution in [0.2, 0.25) is 0 Å². The van der Waals surface area contributed by atoms with Gasteiger partial charge in [0.05, 0.1) is 0 Å². The molecule has 0 spiro atoms. The Balaban J connectivity index is 1.93. The summed E-state index contributed by atoms with van der Waals surface area (Å²) in [4.78, 5) is 2.40. The minimum Gasteiger partial charge on any atom is -0.313 e. The third-order valence-electron chi connectivity index (χ3n) is 3.67. The van der Waals surface area contributed by atoms with E-state index in [2.05, 4.69) is 71.3 Å². The van der Waals surface area contributed by atoms with Crippen LogP contribution in [-0.2, 0) is 6.54 Å². The number of hydrogen-bond donors (Lipinski definition) is 1. The van der Waals surface area contributed by atoms with E-state index in [0.29, 0.717) is 12.0 Å². The number of thiophene rings is 1. The largest absolute Gasteiger partial charge is 0.313 e. The Labute approximate surface area is 126 Å². The Morgan fingerprint density at radius 1 is 1.20 bits per heavy atom. The second-order valence-electron chi connectivity index (χ2n) is 5.48. The summed E-state index contributed by atoms with van der Waals surface area (Å²) < 4.78 is 0. The normalized spacial score (nSPS) is 14.4. The molecule has 0 bridgehead atoms. The van der Waals surface area contributed by atoms with Crippen molar-refractivity contribution < 1.29 is 0 Å². The van der Waals surface area contributed by atoms with Crippen LogP contribution in [0.3, 0.4) is 0 Å². The van der Waals surface area contributed by atoms with Crippen molar-refractivity contribution in [3.63, 3.8) is 0 Å². The minimum atomic E-state index is 0.404. The van der Waals surface area contributed by atoms with Crippen LogP contribution >= 0.6 is 11.3 Å². The Morgan fingerprint density at radius 3 is 2.55 bits per heavy atom. The molecule has 1 aromatic heterocycles. The van der Waals surface area contributed by atoms with Gasteiger partial charge in [-0.3, -0.25) is 0 Å². The number of hydrogen-bond acceptors (Lipinski definition) is 3. The molecule has 2 rings (SSSR count). The molecule has 3 heteroatoms. The first-order chi connectivity index (χ1) is 9.70. The molecule has 0 aliphatic carbocycles. The summed E-state index contributed by atoms with van der Waals surface area (Å²) in [6.45, 7) is 4.42. The van der Waals surface area contributed by atoms with Crippen LogP contribution in [0.5, 0.6) is 0 Å². The molecule has 108 valence electrons. The van der Waals surface area contributed by atoms with Gasteiger partial charge in [-0.15, -0.1) is 0 Å². The molecule has 1 aromatic carbocycles. The Bertz CT molecular complexity index is 481. The van der Waals surface area contributed by atoms with Crippen LogP contribution in [0.4, 0.5) is 0 Å². The Morgan fingerprint density at radius 2 is 1.95 bits per heavy atom. The van der Waals surface area contributed by atoms with E-state index in [0.717, 1.165) is 13.1 Å². The van der Waals surface area contributed by atoms with Gasteiger partial charge in [0.2, 0.25) is 0 Å². The molecule has 2 unspecified atom stereocenters. The highest BCUT2D eigenvalue weighted by Gasteiger charge is 2.18. The zero-order valence-corrected chi connectivity index (χ0v) is 13.4. The molecule has 1 heterocycles. The van der Waals surface area contributed by atoms with E-state index < -0.39 is 0 Å². The number of rotatable bonds is 7. The fourth-order valence-corrected chi connectivity index (χ4v) is 3.46. The van der Waals surface area contributed by atoms with Crippen LogP contribution in [-0.4, -0.2) is 25.5 Å². The first-order valence-electron chi connectivity index (χ1n) is 7.12. The highest BCUT2D eigenvalue weighted by atomic mass is 32.1. The SMILES string of the molecule is CNC(c1ccccc1)C(C)CN(C)Cc1ccsc1. The molecule has 0 aliphatic rings. The monoisotopic (exact) mass is 288 g/mol. The lowest BCUT2D eigenvalue weighted by atomic mass is 9.94. The molecule has 0 radical (unpaired) electrons. The summed E-state index contributed by atoms with van der Waals surface area (Å²) in [6.07, 6.45) is 0. The fourth-order valence-electron chi connectivity index (χ4n) is 2.80. The summed E-state index contributed by atoms with van der Waals surface area (Å²) in [6, 6.07) is 13.3. The molecule has 2 nitrogen and oxygen atoms in total. The van der Waals surface area contributed by atoms with E-state index in [-0.39, 0.29) is 0 Å². The topological polar surface area (TPSA) is 15.3 Å². The van der Waals surface area contributed by atoms with Crippen molar-refractivity contribution in [2.24, 2.45) is 5.92 Å². The molecule has 0 fully saturated rings. The first kappa shape index (κ1) is 15.2. The molecule has 0 saturated carbocycles. The summed E-state index contributed by atoms with van der Waals surface area (Å²) in [5.41, 5.74) is 2.77. The van der Waals surface area contributed by atoms with Crippen molar-refractivity contribution in [2.45, 2.75) is 19.5 Å². The lowest BCUT2D eigenvalue weighted by Crippen LogP contribution is -2.32. The van der Waals surface area contributed by atoms with E-state index >= 15 is 0 Å². The lowest BCUT2D eigenvalue weighted by Gasteiger charge is -2.28. The number of nitrogens with zero attached hydrogens (tertiary/aromatic N) is 1. The molecular weight excluding hydrogens is 264 g/mol. The number of nitrogens with one attached hydrogen (secondary N) is 1. The zero-order chi connectivity index (χ0) is 14.4. The van der Waals surface area contributed by atoms with Gasteiger partial charge in [-0.1, -0.05) is 37.3 Å². The van der Waals surface area contributed by atoms with Crippen molar-refractivity contribution in [3.05, 3.63) is 58.3 Å². The summed E-state index contributed by atoms with van der Waals surface area (Å²) in [5.74, 6) is 0.561. The van der Waals surface area contributed by atoms with Gasteiger partial charge in [0.25, 0.3) is 0 Å². The predicted octanol–water partition coefficient (Wildman–Crippen LogP) is 3.78. The average molecular weight is 288 g/mol. The second-order valence-corrected chi connectivity index (χ2v) is 6.26. The van der Waals surface area contributed by atoms with Gasteiger partial charge in [0.1, 0.15) is 0 Å². The van der Waals surface area contributed by atoms with E-state index in [1.165, 1.54) is 11.1 Å². The summed E-state index contributed by atoms with van der Waals surface area (Å²) >= 11 is 1.77. The zero-order valence-electron chi connectivity index (χ0n) is 12.5. The first-order valence-corrected chi connectivity index (χ1v) is 8.07. The van der Waals surface area contributed by atoms with E-state index in [9.17, 15) is 0 Å². The maximum atomic E-state index is 3.46. The van der Waals surface area contributed by atoms with Crippen LogP contribution < -0.4 is 5.32 Å². The Kier molecular flexibility index (Phi) is 5.77. The van der Waals surface area contributed by atoms with Crippen molar-refractivity contribution in [1.82, 2.24) is 10.2 Å². The lowest BCUT2D eigenvalue weighted by molar-refractivity contribution is 0.246. The highest BCUT2D eigenvalue weighted by Crippen LogP contribution is 2.22. The van der Waals surface area contributed by atoms with Crippen molar-refractivity contribution in [1.29, 1.82) is 0 Å². The molecule has 2 atom stereocenters. The predicted molar refractivity (Wildman–Crippen MR) is 88.1 cm³/mol. The fraction of sp³-hybridized carbons (Fsp3) is 0.412. The van der Waals surface area contributed by atoms with Crippen molar-refractivity contribution in [3.8, 4) is 0 Å². The third kappa shape index (κ3) is 4.17. The standard InChI is InChI=1S/C17H24N2S/c1-14(11-19(3)12-15-9-10-20-13-15)17(18-2)16-7-5-4-6-8-16/h4-10,13-14,17-18H,11-12H2,1-3H3. The van der Waals surface area contributed by atoms with Gasteiger partial charge >= 0.3 is 0 Å². The van der Waals surface area contributed by atoms with Gasteiger partial charge in [-0.2, -0.15) is 11.3 Å². The van der Waals surface area contributed by atoms with E-state index in [1.54, 1.807) is 11.3 Å².